The molecular formula is C19H38O. The summed E-state index contributed by atoms with van der Waals surface area (Å²) in [5.74, 6) is 0. The number of rotatable bonds is 1. The van der Waals surface area contributed by atoms with Gasteiger partial charge in [0.05, 0.1) is 0 Å². The average molecular weight is 283 g/mol. The number of benzene rings is 1. The maximum absolute atomic E-state index is 4.25. The van der Waals surface area contributed by atoms with Crippen molar-refractivity contribution in [3.63, 3.8) is 0 Å². The molecule has 1 heteroatoms. The zero-order chi connectivity index (χ0) is 16.8. The molecule has 0 aromatic heterocycles. The van der Waals surface area contributed by atoms with Gasteiger partial charge in [0.1, 0.15) is 0 Å². The number of hydrogen-bond acceptors (Lipinski definition) is 1. The first-order chi connectivity index (χ1) is 9.27. The van der Waals surface area contributed by atoms with Crippen LogP contribution in [0.25, 0.3) is 0 Å². The minimum Gasteiger partial charge on any atom is -0.388 e. The summed E-state index contributed by atoms with van der Waals surface area (Å²) in [5, 5.41) is 0. The van der Waals surface area contributed by atoms with Crippen molar-refractivity contribution < 1.29 is 4.74 Å². The standard InChI is InChI=1S/C13H20.C2H6O.2C2H6/c1-12(2,3)13(4,5)11-9-7-6-8-10-11;1-3-2;2*1-2/h6-10H,1-5H3;1-2H3;2*1-2H3. The molecule has 0 bridgehead atoms. The molecule has 120 valence electrons. The summed E-state index contributed by atoms with van der Waals surface area (Å²) in [6.07, 6.45) is 0. The monoisotopic (exact) mass is 282 g/mol. The lowest BCUT2D eigenvalue weighted by molar-refractivity contribution is 0.225. The molecule has 0 aliphatic carbocycles. The van der Waals surface area contributed by atoms with E-state index < -0.39 is 0 Å². The van der Waals surface area contributed by atoms with Gasteiger partial charge in [0, 0.05) is 14.2 Å². The third-order valence-corrected chi connectivity index (χ3v) is 3.37. The third kappa shape index (κ3) is 9.14. The third-order valence-electron chi connectivity index (χ3n) is 3.37. The molecule has 1 nitrogen and oxygen atoms in total. The fourth-order valence-corrected chi connectivity index (χ4v) is 1.29. The van der Waals surface area contributed by atoms with Crippen molar-refractivity contribution >= 4 is 0 Å². The minimum absolute atomic E-state index is 0.230. The van der Waals surface area contributed by atoms with Gasteiger partial charge in [0.25, 0.3) is 0 Å². The smallest absolute Gasteiger partial charge is 0.0351 e. The van der Waals surface area contributed by atoms with E-state index in [-0.39, 0.29) is 5.41 Å². The summed E-state index contributed by atoms with van der Waals surface area (Å²) in [6, 6.07) is 10.7. The second-order valence-corrected chi connectivity index (χ2v) is 5.65. The van der Waals surface area contributed by atoms with Gasteiger partial charge in [-0.2, -0.15) is 0 Å². The Balaban J connectivity index is -0.000000355. The van der Waals surface area contributed by atoms with Crippen LogP contribution in [0.2, 0.25) is 0 Å². The highest BCUT2D eigenvalue weighted by Gasteiger charge is 2.33. The lowest BCUT2D eigenvalue weighted by Crippen LogP contribution is -2.33. The molecule has 0 spiro atoms. The van der Waals surface area contributed by atoms with E-state index in [0.29, 0.717) is 5.41 Å². The van der Waals surface area contributed by atoms with Crippen molar-refractivity contribution in [1.82, 2.24) is 0 Å². The molecule has 1 aromatic carbocycles. The van der Waals surface area contributed by atoms with E-state index in [9.17, 15) is 0 Å². The molecule has 0 aliphatic heterocycles. The van der Waals surface area contributed by atoms with Gasteiger partial charge in [-0.1, -0.05) is 92.6 Å². The highest BCUT2D eigenvalue weighted by molar-refractivity contribution is 5.25. The normalized spacial score (nSPS) is 9.95. The van der Waals surface area contributed by atoms with Crippen LogP contribution in [0.15, 0.2) is 30.3 Å². The maximum Gasteiger partial charge on any atom is 0.0351 e. The van der Waals surface area contributed by atoms with E-state index in [1.807, 2.05) is 27.7 Å². The summed E-state index contributed by atoms with van der Waals surface area (Å²) in [7, 11) is 3.25. The Labute approximate surface area is 128 Å². The second kappa shape index (κ2) is 13.2. The lowest BCUT2D eigenvalue weighted by Gasteiger charge is -2.39. The Hall–Kier alpha value is -0.820. The van der Waals surface area contributed by atoms with Crippen LogP contribution in [0.4, 0.5) is 0 Å². The molecule has 0 heterocycles. The van der Waals surface area contributed by atoms with Crippen molar-refractivity contribution in [2.45, 2.75) is 67.7 Å². The van der Waals surface area contributed by atoms with Crippen molar-refractivity contribution in [2.75, 3.05) is 14.2 Å². The predicted molar refractivity (Wildman–Crippen MR) is 94.6 cm³/mol. The van der Waals surface area contributed by atoms with E-state index in [1.165, 1.54) is 5.56 Å². The van der Waals surface area contributed by atoms with Crippen LogP contribution >= 0.6 is 0 Å². The fraction of sp³-hybridized carbons (Fsp3) is 0.684. The van der Waals surface area contributed by atoms with E-state index in [0.717, 1.165) is 0 Å². The van der Waals surface area contributed by atoms with Crippen LogP contribution in [0, 0.1) is 5.41 Å². The molecule has 0 saturated carbocycles. The van der Waals surface area contributed by atoms with Crippen LogP contribution in [0.5, 0.6) is 0 Å². The number of methoxy groups -OCH3 is 1. The molecule has 0 radical (unpaired) electrons. The molecule has 0 saturated heterocycles. The highest BCUT2D eigenvalue weighted by Crippen LogP contribution is 2.40. The second-order valence-electron chi connectivity index (χ2n) is 5.65. The molecule has 0 unspecified atom stereocenters. The molecule has 0 N–H and O–H groups in total. The van der Waals surface area contributed by atoms with E-state index in [1.54, 1.807) is 14.2 Å². The van der Waals surface area contributed by atoms with Gasteiger partial charge in [-0.3, -0.25) is 0 Å². The quantitative estimate of drug-likeness (QED) is 0.585. The summed E-state index contributed by atoms with van der Waals surface area (Å²) in [4.78, 5) is 0. The fourth-order valence-electron chi connectivity index (χ4n) is 1.29. The van der Waals surface area contributed by atoms with Crippen LogP contribution in [-0.4, -0.2) is 14.2 Å². The molecule has 0 atom stereocenters. The number of ether oxygens (including phenoxy) is 1. The Morgan fingerprint density at radius 2 is 1.00 bits per heavy atom. The number of hydrogen-bond donors (Lipinski definition) is 0. The molecule has 0 aliphatic rings. The van der Waals surface area contributed by atoms with Crippen LogP contribution in [0.3, 0.4) is 0 Å². The molecular weight excluding hydrogens is 244 g/mol. The molecule has 1 rings (SSSR count). The van der Waals surface area contributed by atoms with E-state index in [4.69, 9.17) is 0 Å². The lowest BCUT2D eigenvalue weighted by atomic mass is 9.65. The average Bonchev–Trinajstić information content (AvgIpc) is 2.44. The van der Waals surface area contributed by atoms with Crippen molar-refractivity contribution in [1.29, 1.82) is 0 Å². The van der Waals surface area contributed by atoms with Gasteiger partial charge in [0.2, 0.25) is 0 Å². The van der Waals surface area contributed by atoms with Crippen LogP contribution in [0.1, 0.15) is 67.9 Å². The van der Waals surface area contributed by atoms with Gasteiger partial charge < -0.3 is 4.74 Å². The van der Waals surface area contributed by atoms with Gasteiger partial charge in [-0.05, 0) is 16.4 Å². The highest BCUT2D eigenvalue weighted by atomic mass is 16.4. The first-order valence-electron chi connectivity index (χ1n) is 7.73. The van der Waals surface area contributed by atoms with Crippen LogP contribution < -0.4 is 0 Å². The van der Waals surface area contributed by atoms with Crippen molar-refractivity contribution in [3.8, 4) is 0 Å². The Morgan fingerprint density at radius 1 is 0.700 bits per heavy atom. The first kappa shape index (κ1) is 24.2. The summed E-state index contributed by atoms with van der Waals surface area (Å²) in [6.45, 7) is 19.5. The molecule has 20 heavy (non-hydrogen) atoms. The Morgan fingerprint density at radius 3 is 1.25 bits per heavy atom. The summed E-state index contributed by atoms with van der Waals surface area (Å²) < 4.78 is 4.25. The summed E-state index contributed by atoms with van der Waals surface area (Å²) >= 11 is 0. The van der Waals surface area contributed by atoms with Gasteiger partial charge in [0.15, 0.2) is 0 Å². The topological polar surface area (TPSA) is 9.23 Å². The van der Waals surface area contributed by atoms with Gasteiger partial charge >= 0.3 is 0 Å². The molecule has 1 aromatic rings. The van der Waals surface area contributed by atoms with Crippen molar-refractivity contribution in [2.24, 2.45) is 5.41 Å². The predicted octanol–water partition coefficient (Wildman–Crippen LogP) is 6.33. The Kier molecular flexibility index (Phi) is 16.0. The molecule has 0 fully saturated rings. The maximum atomic E-state index is 4.25. The SMILES string of the molecule is CC.CC.CC(C)(C)C(C)(C)c1ccccc1.COC. The van der Waals surface area contributed by atoms with E-state index >= 15 is 0 Å². The Bertz CT molecular complexity index is 280. The van der Waals surface area contributed by atoms with Gasteiger partial charge in [-0.25, -0.2) is 0 Å². The van der Waals surface area contributed by atoms with Crippen molar-refractivity contribution in [3.05, 3.63) is 35.9 Å². The zero-order valence-corrected chi connectivity index (χ0v) is 15.8. The first-order valence-corrected chi connectivity index (χ1v) is 7.73. The zero-order valence-electron chi connectivity index (χ0n) is 15.8. The van der Waals surface area contributed by atoms with Crippen LogP contribution in [-0.2, 0) is 10.2 Å². The largest absolute Gasteiger partial charge is 0.388 e. The molecule has 0 amide bonds. The summed E-state index contributed by atoms with van der Waals surface area (Å²) in [5.41, 5.74) is 1.95. The van der Waals surface area contributed by atoms with Gasteiger partial charge in [-0.15, -0.1) is 0 Å². The minimum atomic E-state index is 0.230. The van der Waals surface area contributed by atoms with E-state index in [2.05, 4.69) is 69.7 Å².